The summed E-state index contributed by atoms with van der Waals surface area (Å²) in [5, 5.41) is 2.67. The van der Waals surface area contributed by atoms with Crippen molar-refractivity contribution in [1.29, 1.82) is 0 Å². The number of carbonyl (C=O) groups is 1. The van der Waals surface area contributed by atoms with Gasteiger partial charge in [-0.25, -0.2) is 0 Å². The SMILES string of the molecule is Cc1ccc(C(=O)NCC(N)c2ccccc2)c(=O)[nH]1. The summed E-state index contributed by atoms with van der Waals surface area (Å²) in [4.78, 5) is 26.2. The van der Waals surface area contributed by atoms with Gasteiger partial charge in [0.15, 0.2) is 0 Å². The van der Waals surface area contributed by atoms with Gasteiger partial charge in [-0.3, -0.25) is 9.59 Å². The van der Waals surface area contributed by atoms with Crippen LogP contribution in [0.4, 0.5) is 0 Å². The molecule has 20 heavy (non-hydrogen) atoms. The zero-order chi connectivity index (χ0) is 14.5. The van der Waals surface area contributed by atoms with Gasteiger partial charge in [0.05, 0.1) is 0 Å². The molecule has 0 fully saturated rings. The van der Waals surface area contributed by atoms with E-state index in [1.165, 1.54) is 6.07 Å². The smallest absolute Gasteiger partial charge is 0.260 e. The molecule has 0 radical (unpaired) electrons. The van der Waals surface area contributed by atoms with Gasteiger partial charge in [0.1, 0.15) is 5.56 Å². The lowest BCUT2D eigenvalue weighted by atomic mass is 10.1. The number of aryl methyl sites for hydroxylation is 1. The maximum Gasteiger partial charge on any atom is 0.260 e. The monoisotopic (exact) mass is 271 g/mol. The van der Waals surface area contributed by atoms with Crippen LogP contribution in [0.5, 0.6) is 0 Å². The van der Waals surface area contributed by atoms with Crippen molar-refractivity contribution in [2.24, 2.45) is 5.73 Å². The lowest BCUT2D eigenvalue weighted by Crippen LogP contribution is -2.35. The van der Waals surface area contributed by atoms with Crippen LogP contribution in [0.15, 0.2) is 47.3 Å². The Labute approximate surface area is 116 Å². The third-order valence-electron chi connectivity index (χ3n) is 3.01. The molecule has 5 heteroatoms. The summed E-state index contributed by atoms with van der Waals surface area (Å²) in [5.74, 6) is -0.419. The summed E-state index contributed by atoms with van der Waals surface area (Å²) in [7, 11) is 0. The van der Waals surface area contributed by atoms with E-state index in [-0.39, 0.29) is 18.2 Å². The van der Waals surface area contributed by atoms with E-state index in [4.69, 9.17) is 5.73 Å². The third kappa shape index (κ3) is 3.33. The molecule has 0 aliphatic heterocycles. The fourth-order valence-corrected chi connectivity index (χ4v) is 1.87. The Kier molecular flexibility index (Phi) is 4.32. The quantitative estimate of drug-likeness (QED) is 0.778. The normalized spacial score (nSPS) is 11.9. The average molecular weight is 271 g/mol. The first kappa shape index (κ1) is 14.0. The number of aromatic nitrogens is 1. The minimum absolute atomic E-state index is 0.0934. The van der Waals surface area contributed by atoms with Gasteiger partial charge in [0.2, 0.25) is 0 Å². The van der Waals surface area contributed by atoms with E-state index in [9.17, 15) is 9.59 Å². The van der Waals surface area contributed by atoms with Crippen molar-refractivity contribution >= 4 is 5.91 Å². The number of nitrogens with two attached hydrogens (primary N) is 1. The fraction of sp³-hybridized carbons (Fsp3) is 0.200. The summed E-state index contributed by atoms with van der Waals surface area (Å²) in [5.41, 5.74) is 7.33. The van der Waals surface area contributed by atoms with Gasteiger partial charge in [-0.05, 0) is 24.6 Å². The van der Waals surface area contributed by atoms with E-state index >= 15 is 0 Å². The number of rotatable bonds is 4. The Morgan fingerprint density at radius 3 is 2.60 bits per heavy atom. The first-order valence-electron chi connectivity index (χ1n) is 6.36. The number of amides is 1. The van der Waals surface area contributed by atoms with Crippen LogP contribution >= 0.6 is 0 Å². The topological polar surface area (TPSA) is 88.0 Å². The van der Waals surface area contributed by atoms with Crippen LogP contribution < -0.4 is 16.6 Å². The molecule has 1 heterocycles. The van der Waals surface area contributed by atoms with E-state index in [1.54, 1.807) is 13.0 Å². The molecule has 5 nitrogen and oxygen atoms in total. The van der Waals surface area contributed by atoms with Crippen molar-refractivity contribution in [3.05, 3.63) is 69.6 Å². The number of H-pyrrole nitrogens is 1. The van der Waals surface area contributed by atoms with Crippen molar-refractivity contribution in [3.63, 3.8) is 0 Å². The Balaban J connectivity index is 2.00. The number of hydrogen-bond acceptors (Lipinski definition) is 3. The van der Waals surface area contributed by atoms with Gasteiger partial charge in [0.25, 0.3) is 11.5 Å². The Morgan fingerprint density at radius 2 is 1.95 bits per heavy atom. The molecule has 0 aliphatic carbocycles. The van der Waals surface area contributed by atoms with Crippen LogP contribution in [-0.2, 0) is 0 Å². The lowest BCUT2D eigenvalue weighted by Gasteiger charge is -2.13. The van der Waals surface area contributed by atoms with Crippen molar-refractivity contribution in [1.82, 2.24) is 10.3 Å². The van der Waals surface area contributed by atoms with Crippen LogP contribution in [0.3, 0.4) is 0 Å². The summed E-state index contributed by atoms with van der Waals surface area (Å²) in [6.45, 7) is 2.03. The van der Waals surface area contributed by atoms with Crippen LogP contribution in [0.1, 0.15) is 27.7 Å². The summed E-state index contributed by atoms with van der Waals surface area (Å²) in [6, 6.07) is 12.4. The van der Waals surface area contributed by atoms with Gasteiger partial charge in [-0.15, -0.1) is 0 Å². The number of nitrogens with one attached hydrogen (secondary N) is 2. The number of pyridine rings is 1. The number of aromatic amines is 1. The summed E-state index contributed by atoms with van der Waals surface area (Å²) in [6.07, 6.45) is 0. The second-order valence-electron chi connectivity index (χ2n) is 4.61. The highest BCUT2D eigenvalue weighted by Gasteiger charge is 2.12. The van der Waals surface area contributed by atoms with Crippen LogP contribution in [0, 0.1) is 6.92 Å². The van der Waals surface area contributed by atoms with E-state index in [2.05, 4.69) is 10.3 Å². The second-order valence-corrected chi connectivity index (χ2v) is 4.61. The van der Waals surface area contributed by atoms with E-state index in [1.807, 2.05) is 30.3 Å². The highest BCUT2D eigenvalue weighted by molar-refractivity contribution is 5.93. The number of carbonyl (C=O) groups excluding carboxylic acids is 1. The molecule has 0 aliphatic rings. The first-order chi connectivity index (χ1) is 9.58. The standard InChI is InChI=1S/C15H17N3O2/c1-10-7-8-12(15(20)18-10)14(19)17-9-13(16)11-5-3-2-4-6-11/h2-8,13H,9,16H2,1H3,(H,17,19)(H,18,20). The second kappa shape index (κ2) is 6.16. The number of hydrogen-bond donors (Lipinski definition) is 3. The third-order valence-corrected chi connectivity index (χ3v) is 3.01. The van der Waals surface area contributed by atoms with Crippen molar-refractivity contribution in [2.45, 2.75) is 13.0 Å². The Hall–Kier alpha value is -2.40. The molecule has 1 atom stereocenters. The zero-order valence-corrected chi connectivity index (χ0v) is 11.2. The van der Waals surface area contributed by atoms with Crippen LogP contribution in [0.25, 0.3) is 0 Å². The largest absolute Gasteiger partial charge is 0.350 e. The maximum atomic E-state index is 11.9. The molecule has 1 aromatic carbocycles. The van der Waals surface area contributed by atoms with E-state index < -0.39 is 11.5 Å². The summed E-state index contributed by atoms with van der Waals surface area (Å²) < 4.78 is 0. The minimum atomic E-state index is -0.419. The molecule has 2 aromatic rings. The molecule has 0 bridgehead atoms. The van der Waals surface area contributed by atoms with Gasteiger partial charge in [-0.1, -0.05) is 30.3 Å². The highest BCUT2D eigenvalue weighted by atomic mass is 16.2. The molecule has 0 spiro atoms. The average Bonchev–Trinajstić information content (AvgIpc) is 2.45. The number of benzene rings is 1. The predicted molar refractivity (Wildman–Crippen MR) is 77.5 cm³/mol. The molecule has 2 rings (SSSR count). The Morgan fingerprint density at radius 1 is 1.25 bits per heavy atom. The van der Waals surface area contributed by atoms with Gasteiger partial charge in [0, 0.05) is 18.3 Å². The lowest BCUT2D eigenvalue weighted by molar-refractivity contribution is 0.0949. The molecule has 0 saturated carbocycles. The van der Waals surface area contributed by atoms with Crippen molar-refractivity contribution in [2.75, 3.05) is 6.54 Å². The van der Waals surface area contributed by atoms with E-state index in [0.717, 1.165) is 5.56 Å². The van der Waals surface area contributed by atoms with Gasteiger partial charge >= 0.3 is 0 Å². The first-order valence-corrected chi connectivity index (χ1v) is 6.36. The molecular formula is C15H17N3O2. The highest BCUT2D eigenvalue weighted by Crippen LogP contribution is 2.08. The maximum absolute atomic E-state index is 11.9. The minimum Gasteiger partial charge on any atom is -0.350 e. The van der Waals surface area contributed by atoms with Crippen molar-refractivity contribution in [3.8, 4) is 0 Å². The van der Waals surface area contributed by atoms with Gasteiger partial charge in [-0.2, -0.15) is 0 Å². The molecule has 1 unspecified atom stereocenters. The van der Waals surface area contributed by atoms with Crippen LogP contribution in [0.2, 0.25) is 0 Å². The predicted octanol–water partition coefficient (Wildman–Crippen LogP) is 1.11. The molecular weight excluding hydrogens is 254 g/mol. The molecule has 104 valence electrons. The Bertz CT molecular complexity index is 650. The van der Waals surface area contributed by atoms with Crippen LogP contribution in [-0.4, -0.2) is 17.4 Å². The van der Waals surface area contributed by atoms with Gasteiger partial charge < -0.3 is 16.0 Å². The molecule has 4 N–H and O–H groups in total. The molecule has 1 aromatic heterocycles. The van der Waals surface area contributed by atoms with E-state index in [0.29, 0.717) is 5.69 Å². The zero-order valence-electron chi connectivity index (χ0n) is 11.2. The fourth-order valence-electron chi connectivity index (χ4n) is 1.87. The van der Waals surface area contributed by atoms with Crippen molar-refractivity contribution < 1.29 is 4.79 Å². The summed E-state index contributed by atoms with van der Waals surface area (Å²) >= 11 is 0. The molecule has 1 amide bonds. The molecule has 0 saturated heterocycles.